The number of likely N-dealkylation sites (N-methyl/N-ethyl adjacent to an activating group) is 1. The summed E-state index contributed by atoms with van der Waals surface area (Å²) in [6.45, 7) is 5.61. The highest BCUT2D eigenvalue weighted by atomic mass is 79.9. The molecule has 2 heterocycles. The van der Waals surface area contributed by atoms with Gasteiger partial charge in [0.15, 0.2) is 0 Å². The van der Waals surface area contributed by atoms with Crippen molar-refractivity contribution < 1.29 is 4.79 Å². The van der Waals surface area contributed by atoms with Crippen molar-refractivity contribution in [3.8, 4) is 5.69 Å². The molecular weight excluding hydrogens is 404 g/mol. The van der Waals surface area contributed by atoms with Crippen LogP contribution in [0.5, 0.6) is 0 Å². The average Bonchev–Trinajstić information content (AvgIpc) is 2.88. The van der Waals surface area contributed by atoms with Gasteiger partial charge in [-0.3, -0.25) is 4.79 Å². The fourth-order valence-electron chi connectivity index (χ4n) is 3.20. The van der Waals surface area contributed by atoms with Crippen LogP contribution in [0.1, 0.15) is 34.6 Å². The summed E-state index contributed by atoms with van der Waals surface area (Å²) in [7, 11) is 1.96. The van der Waals surface area contributed by atoms with Gasteiger partial charge < -0.3 is 10.2 Å². The van der Waals surface area contributed by atoms with Crippen LogP contribution in [-0.4, -0.2) is 46.8 Å². The highest BCUT2D eigenvalue weighted by molar-refractivity contribution is 9.10. The van der Waals surface area contributed by atoms with E-state index in [1.54, 1.807) is 0 Å². The van der Waals surface area contributed by atoms with Crippen molar-refractivity contribution in [3.63, 3.8) is 0 Å². The molecule has 1 saturated heterocycles. The summed E-state index contributed by atoms with van der Waals surface area (Å²) in [5, 5.41) is 7.81. The Morgan fingerprint density at radius 3 is 2.52 bits per heavy atom. The van der Waals surface area contributed by atoms with Gasteiger partial charge in [-0.25, -0.2) is 4.68 Å². The second-order valence-corrected chi connectivity index (χ2v) is 7.12. The highest BCUT2D eigenvalue weighted by Crippen LogP contribution is 2.23. The number of nitrogens with zero attached hydrogens (tertiary/aromatic N) is 3. The maximum atomic E-state index is 12.7. The molecule has 1 atom stereocenters. The first-order valence-corrected chi connectivity index (χ1v) is 9.09. The third-order valence-electron chi connectivity index (χ3n) is 4.68. The van der Waals surface area contributed by atoms with Crippen LogP contribution in [-0.2, 0) is 0 Å². The van der Waals surface area contributed by atoms with Crippen LogP contribution >= 0.6 is 28.3 Å². The fourth-order valence-corrected chi connectivity index (χ4v) is 3.45. The van der Waals surface area contributed by atoms with Gasteiger partial charge in [-0.2, -0.15) is 5.10 Å². The van der Waals surface area contributed by atoms with Crippen LogP contribution in [0.3, 0.4) is 0 Å². The molecule has 1 aliphatic heterocycles. The zero-order valence-corrected chi connectivity index (χ0v) is 17.2. The number of amides is 1. The molecule has 1 aromatic heterocycles. The van der Waals surface area contributed by atoms with Crippen molar-refractivity contribution >= 4 is 34.2 Å². The van der Waals surface area contributed by atoms with Crippen molar-refractivity contribution in [2.45, 2.75) is 32.7 Å². The summed E-state index contributed by atoms with van der Waals surface area (Å²) < 4.78 is 2.92. The van der Waals surface area contributed by atoms with Crippen LogP contribution in [0.4, 0.5) is 0 Å². The van der Waals surface area contributed by atoms with Crippen molar-refractivity contribution in [3.05, 3.63) is 45.7 Å². The number of carbonyl (C=O) groups excluding carboxylic acids is 1. The summed E-state index contributed by atoms with van der Waals surface area (Å²) in [6, 6.07) is 8.10. The quantitative estimate of drug-likeness (QED) is 0.815. The Labute approximate surface area is 163 Å². The van der Waals surface area contributed by atoms with Crippen molar-refractivity contribution in [1.82, 2.24) is 20.0 Å². The van der Waals surface area contributed by atoms with Gasteiger partial charge in [0, 0.05) is 24.7 Å². The van der Waals surface area contributed by atoms with E-state index in [-0.39, 0.29) is 18.3 Å². The number of hydrogen-bond donors (Lipinski definition) is 1. The van der Waals surface area contributed by atoms with Crippen LogP contribution in [0.25, 0.3) is 5.69 Å². The Hall–Kier alpha value is -1.37. The van der Waals surface area contributed by atoms with Crippen molar-refractivity contribution in [1.29, 1.82) is 0 Å². The summed E-state index contributed by atoms with van der Waals surface area (Å²) in [6.07, 6.45) is 2.18. The molecule has 2 aromatic rings. The van der Waals surface area contributed by atoms with E-state index in [4.69, 9.17) is 0 Å². The molecule has 0 spiro atoms. The largest absolute Gasteiger partial charge is 0.337 e. The van der Waals surface area contributed by atoms with E-state index in [2.05, 4.69) is 26.3 Å². The number of aromatic nitrogens is 2. The molecule has 0 aliphatic carbocycles. The summed E-state index contributed by atoms with van der Waals surface area (Å²) in [5.74, 6) is 0.107. The monoisotopic (exact) mass is 426 g/mol. The molecule has 7 heteroatoms. The number of rotatable bonds is 3. The number of benzene rings is 1. The third-order valence-corrected chi connectivity index (χ3v) is 5.83. The van der Waals surface area contributed by atoms with E-state index in [0.717, 1.165) is 53.0 Å². The molecule has 0 saturated carbocycles. The van der Waals surface area contributed by atoms with Crippen LogP contribution in [0, 0.1) is 13.8 Å². The Morgan fingerprint density at radius 2 is 1.96 bits per heavy atom. The molecule has 5 nitrogen and oxygen atoms in total. The van der Waals surface area contributed by atoms with Gasteiger partial charge in [0.1, 0.15) is 0 Å². The number of nitrogens with one attached hydrogen (secondary N) is 1. The zero-order valence-electron chi connectivity index (χ0n) is 14.8. The molecule has 1 fully saturated rings. The number of likely N-dealkylation sites (tertiary alicyclic amines) is 1. The lowest BCUT2D eigenvalue weighted by Gasteiger charge is -2.32. The third kappa shape index (κ3) is 4.07. The molecule has 1 aliphatic rings. The Kier molecular flexibility index (Phi) is 6.65. The molecule has 1 aromatic carbocycles. The number of halogens is 2. The molecule has 25 heavy (non-hydrogen) atoms. The van der Waals surface area contributed by atoms with E-state index in [1.165, 1.54) is 0 Å². The van der Waals surface area contributed by atoms with E-state index < -0.39 is 0 Å². The molecule has 0 radical (unpaired) electrons. The molecule has 1 N–H and O–H groups in total. The average molecular weight is 428 g/mol. The van der Waals surface area contributed by atoms with Crippen LogP contribution in [0.2, 0.25) is 0 Å². The lowest BCUT2D eigenvalue weighted by atomic mass is 10.0. The molecule has 1 amide bonds. The lowest BCUT2D eigenvalue weighted by molar-refractivity contribution is 0.0698. The van der Waals surface area contributed by atoms with Gasteiger partial charge >= 0.3 is 0 Å². The smallest absolute Gasteiger partial charge is 0.253 e. The fraction of sp³-hybridized carbons (Fsp3) is 0.444. The zero-order chi connectivity index (χ0) is 17.3. The predicted octanol–water partition coefficient (Wildman–Crippen LogP) is 3.50. The van der Waals surface area contributed by atoms with Crippen LogP contribution in [0.15, 0.2) is 28.7 Å². The first kappa shape index (κ1) is 19.9. The molecule has 3 rings (SSSR count). The normalized spacial score (nSPS) is 17.3. The number of aryl methyl sites for hydroxylation is 1. The summed E-state index contributed by atoms with van der Waals surface area (Å²) in [4.78, 5) is 14.6. The lowest BCUT2D eigenvalue weighted by Crippen LogP contribution is -2.46. The van der Waals surface area contributed by atoms with E-state index >= 15 is 0 Å². The first-order chi connectivity index (χ1) is 11.5. The molecule has 136 valence electrons. The van der Waals surface area contributed by atoms with Gasteiger partial charge in [-0.1, -0.05) is 0 Å². The van der Waals surface area contributed by atoms with Crippen LogP contribution < -0.4 is 5.32 Å². The Morgan fingerprint density at radius 1 is 1.28 bits per heavy atom. The van der Waals surface area contributed by atoms with Gasteiger partial charge in [0.2, 0.25) is 0 Å². The van der Waals surface area contributed by atoms with Gasteiger partial charge in [0.25, 0.3) is 5.91 Å². The van der Waals surface area contributed by atoms with Crippen molar-refractivity contribution in [2.24, 2.45) is 0 Å². The van der Waals surface area contributed by atoms with Gasteiger partial charge in [-0.05, 0) is 73.9 Å². The Balaban J connectivity index is 0.00000225. The summed E-state index contributed by atoms with van der Waals surface area (Å²) >= 11 is 3.55. The number of hydrogen-bond acceptors (Lipinski definition) is 3. The number of carbonyl (C=O) groups is 1. The second-order valence-electron chi connectivity index (χ2n) is 6.32. The first-order valence-electron chi connectivity index (χ1n) is 8.30. The van der Waals surface area contributed by atoms with E-state index in [9.17, 15) is 4.79 Å². The van der Waals surface area contributed by atoms with Gasteiger partial charge in [-0.15, -0.1) is 12.4 Å². The molecule has 1 unspecified atom stereocenters. The highest BCUT2D eigenvalue weighted by Gasteiger charge is 2.23. The minimum atomic E-state index is 0. The van der Waals surface area contributed by atoms with E-state index in [1.807, 2.05) is 54.7 Å². The van der Waals surface area contributed by atoms with Crippen molar-refractivity contribution in [2.75, 3.05) is 20.1 Å². The standard InChI is InChI=1S/C18H23BrN4O.ClH/c1-12-17(19)13(2)23(21-12)16-8-6-14(7-9-16)18(24)22-10-4-5-15(11-22)20-3;/h6-9,15,20H,4-5,10-11H2,1-3H3;1H. The maximum Gasteiger partial charge on any atom is 0.253 e. The minimum absolute atomic E-state index is 0. The SMILES string of the molecule is CNC1CCCN(C(=O)c2ccc(-n3nc(C)c(Br)c3C)cc2)C1.Cl. The predicted molar refractivity (Wildman–Crippen MR) is 106 cm³/mol. The topological polar surface area (TPSA) is 50.2 Å². The molecular formula is C18H24BrClN4O. The Bertz CT molecular complexity index is 744. The number of piperidine rings is 1. The maximum absolute atomic E-state index is 12.7. The second kappa shape index (κ2) is 8.34. The van der Waals surface area contributed by atoms with Gasteiger partial charge in [0.05, 0.1) is 21.5 Å². The minimum Gasteiger partial charge on any atom is -0.337 e. The summed E-state index contributed by atoms with van der Waals surface area (Å²) in [5.41, 5.74) is 3.71. The molecule has 0 bridgehead atoms. The van der Waals surface area contributed by atoms with E-state index in [0.29, 0.717) is 6.04 Å².